The number of nitrogens with one attached hydrogen (secondary N) is 1. The minimum Gasteiger partial charge on any atom is -0.482 e. The average molecular weight is 456 g/mol. The highest BCUT2D eigenvalue weighted by molar-refractivity contribution is 5.46. The second kappa shape index (κ2) is 8.92. The molecule has 2 aliphatic heterocycles. The van der Waals surface area contributed by atoms with Crippen LogP contribution in [0.2, 0.25) is 0 Å². The fourth-order valence-electron chi connectivity index (χ4n) is 4.63. The molecule has 174 valence electrons. The molecule has 0 aliphatic carbocycles. The third-order valence-corrected chi connectivity index (χ3v) is 6.35. The monoisotopic (exact) mass is 455 g/mol. The van der Waals surface area contributed by atoms with Crippen LogP contribution in [-0.2, 0) is 6.54 Å². The Bertz CT molecular complexity index is 1120. The van der Waals surface area contributed by atoms with E-state index in [1.54, 1.807) is 0 Å². The van der Waals surface area contributed by atoms with Crippen molar-refractivity contribution in [1.82, 2.24) is 25.0 Å². The molecule has 3 unspecified atom stereocenters. The van der Waals surface area contributed by atoms with Gasteiger partial charge in [-0.2, -0.15) is 15.2 Å². The Labute approximate surface area is 191 Å². The highest BCUT2D eigenvalue weighted by Crippen LogP contribution is 2.31. The highest BCUT2D eigenvalue weighted by Gasteiger charge is 2.30. The lowest BCUT2D eigenvalue weighted by atomic mass is 10.0. The standard InChI is InChI=1S/C23H27F2N7O/c1-14-8-19(12-26-29-14)31-7-5-16(13-31)15(2)27-23-28-22-21(4-3-6-32(22)30-23)33-20-10-17(24)9-18(25)11-20/h8-12,15-16,21H,3-7,13H2,1-2H3,(H,27,30). The number of fused-ring (bicyclic) bond motifs is 1. The van der Waals surface area contributed by atoms with Crippen LogP contribution in [0.25, 0.3) is 0 Å². The fourth-order valence-corrected chi connectivity index (χ4v) is 4.63. The van der Waals surface area contributed by atoms with Gasteiger partial charge >= 0.3 is 0 Å². The SMILES string of the molecule is Cc1cc(N2CCC(C(C)Nc3nc4n(n3)CCCC4Oc3cc(F)cc(F)c3)C2)cnn1. The maximum absolute atomic E-state index is 13.6. The van der Waals surface area contributed by atoms with Gasteiger partial charge in [0.15, 0.2) is 11.9 Å². The van der Waals surface area contributed by atoms with Crippen LogP contribution >= 0.6 is 0 Å². The van der Waals surface area contributed by atoms with Crippen LogP contribution in [0.5, 0.6) is 5.75 Å². The molecule has 2 aromatic heterocycles. The van der Waals surface area contributed by atoms with Gasteiger partial charge in [-0.25, -0.2) is 13.5 Å². The summed E-state index contributed by atoms with van der Waals surface area (Å²) in [5.41, 5.74) is 2.01. The number of benzene rings is 1. The Balaban J connectivity index is 1.25. The number of aromatic nitrogens is 5. The van der Waals surface area contributed by atoms with Crippen LogP contribution in [-0.4, -0.2) is 44.1 Å². The van der Waals surface area contributed by atoms with Crippen LogP contribution in [0.3, 0.4) is 0 Å². The first-order valence-electron chi connectivity index (χ1n) is 11.3. The predicted octanol–water partition coefficient (Wildman–Crippen LogP) is 3.90. The van der Waals surface area contributed by atoms with E-state index in [0.717, 1.165) is 49.9 Å². The van der Waals surface area contributed by atoms with Gasteiger partial charge in [0, 0.05) is 43.9 Å². The first kappa shape index (κ1) is 21.5. The number of hydrogen-bond acceptors (Lipinski definition) is 7. The van der Waals surface area contributed by atoms with E-state index in [2.05, 4.69) is 43.5 Å². The van der Waals surface area contributed by atoms with Gasteiger partial charge in [0.2, 0.25) is 5.95 Å². The summed E-state index contributed by atoms with van der Waals surface area (Å²) in [6, 6.07) is 5.43. The number of nitrogens with zero attached hydrogens (tertiary/aromatic N) is 6. The molecule has 3 atom stereocenters. The summed E-state index contributed by atoms with van der Waals surface area (Å²) in [6.07, 6.45) is 4.03. The Morgan fingerprint density at radius 1 is 1.12 bits per heavy atom. The van der Waals surface area contributed by atoms with E-state index in [4.69, 9.17) is 4.74 Å². The number of hydrogen-bond donors (Lipinski definition) is 1. The number of halogens is 2. The molecule has 1 N–H and O–H groups in total. The summed E-state index contributed by atoms with van der Waals surface area (Å²) in [5, 5.41) is 16.2. The number of rotatable bonds is 6. The van der Waals surface area contributed by atoms with Gasteiger partial charge in [0.1, 0.15) is 17.4 Å². The molecule has 4 heterocycles. The highest BCUT2D eigenvalue weighted by atomic mass is 19.1. The van der Waals surface area contributed by atoms with E-state index in [0.29, 0.717) is 24.1 Å². The van der Waals surface area contributed by atoms with E-state index >= 15 is 0 Å². The van der Waals surface area contributed by atoms with E-state index in [1.165, 1.54) is 12.1 Å². The van der Waals surface area contributed by atoms with Gasteiger partial charge in [-0.05, 0) is 45.1 Å². The molecule has 0 amide bonds. The summed E-state index contributed by atoms with van der Waals surface area (Å²) < 4.78 is 34.8. The lowest BCUT2D eigenvalue weighted by Crippen LogP contribution is -2.29. The minimum atomic E-state index is -0.665. The van der Waals surface area contributed by atoms with Crippen molar-refractivity contribution in [3.8, 4) is 5.75 Å². The Morgan fingerprint density at radius 2 is 1.94 bits per heavy atom. The fraction of sp³-hybridized carbons (Fsp3) is 0.478. The second-order valence-corrected chi connectivity index (χ2v) is 8.85. The largest absolute Gasteiger partial charge is 0.482 e. The van der Waals surface area contributed by atoms with Gasteiger partial charge < -0.3 is 15.0 Å². The second-order valence-electron chi connectivity index (χ2n) is 8.85. The normalized spacial score (nSPS) is 21.0. The zero-order valence-corrected chi connectivity index (χ0v) is 18.7. The minimum absolute atomic E-state index is 0.156. The third kappa shape index (κ3) is 4.74. The zero-order valence-electron chi connectivity index (χ0n) is 18.7. The molecule has 1 fully saturated rings. The maximum atomic E-state index is 13.6. The first-order valence-corrected chi connectivity index (χ1v) is 11.3. The van der Waals surface area contributed by atoms with Crippen LogP contribution in [0.1, 0.15) is 43.8 Å². The topological polar surface area (TPSA) is 81.0 Å². The quantitative estimate of drug-likeness (QED) is 0.604. The first-order chi connectivity index (χ1) is 15.9. The molecule has 8 nitrogen and oxygen atoms in total. The predicted molar refractivity (Wildman–Crippen MR) is 119 cm³/mol. The Kier molecular flexibility index (Phi) is 5.82. The van der Waals surface area contributed by atoms with Gasteiger partial charge in [-0.1, -0.05) is 0 Å². The summed E-state index contributed by atoms with van der Waals surface area (Å²) in [7, 11) is 0. The summed E-state index contributed by atoms with van der Waals surface area (Å²) >= 11 is 0. The van der Waals surface area contributed by atoms with Crippen LogP contribution in [0.4, 0.5) is 20.4 Å². The van der Waals surface area contributed by atoms with Gasteiger partial charge in [0.05, 0.1) is 17.6 Å². The van der Waals surface area contributed by atoms with Crippen LogP contribution in [0, 0.1) is 24.5 Å². The number of anilines is 2. The molecular weight excluding hydrogens is 428 g/mol. The van der Waals surface area contributed by atoms with Gasteiger partial charge in [0.25, 0.3) is 0 Å². The molecule has 0 spiro atoms. The summed E-state index contributed by atoms with van der Waals surface area (Å²) in [5.74, 6) is 0.485. The molecule has 1 aromatic carbocycles. The van der Waals surface area contributed by atoms with Crippen molar-refractivity contribution in [2.75, 3.05) is 23.3 Å². The molecule has 10 heteroatoms. The van der Waals surface area contributed by atoms with E-state index in [-0.39, 0.29) is 11.8 Å². The smallest absolute Gasteiger partial charge is 0.242 e. The third-order valence-electron chi connectivity index (χ3n) is 6.35. The van der Waals surface area contributed by atoms with Gasteiger partial charge in [-0.3, -0.25) is 0 Å². The molecular formula is C23H27F2N7O. The maximum Gasteiger partial charge on any atom is 0.242 e. The van der Waals surface area contributed by atoms with Crippen molar-refractivity contribution < 1.29 is 13.5 Å². The lowest BCUT2D eigenvalue weighted by Gasteiger charge is -2.23. The van der Waals surface area contributed by atoms with Crippen molar-refractivity contribution in [3.63, 3.8) is 0 Å². The molecule has 5 rings (SSSR count). The Morgan fingerprint density at radius 3 is 2.73 bits per heavy atom. The molecule has 3 aromatic rings. The summed E-state index contributed by atoms with van der Waals surface area (Å²) in [6.45, 7) is 6.72. The van der Waals surface area contributed by atoms with Gasteiger partial charge in [-0.15, -0.1) is 5.10 Å². The molecule has 0 radical (unpaired) electrons. The number of ether oxygens (including phenoxy) is 1. The van der Waals surface area contributed by atoms with Crippen molar-refractivity contribution in [3.05, 3.63) is 53.6 Å². The molecule has 0 bridgehead atoms. The van der Waals surface area contributed by atoms with E-state index in [9.17, 15) is 8.78 Å². The Hall–Kier alpha value is -3.30. The molecule has 0 saturated carbocycles. The number of aryl methyl sites for hydroxylation is 2. The molecule has 2 aliphatic rings. The van der Waals surface area contributed by atoms with Crippen molar-refractivity contribution in [2.24, 2.45) is 5.92 Å². The van der Waals surface area contributed by atoms with Crippen molar-refractivity contribution >= 4 is 11.6 Å². The molecule has 33 heavy (non-hydrogen) atoms. The van der Waals surface area contributed by atoms with Crippen LogP contribution < -0.4 is 15.0 Å². The van der Waals surface area contributed by atoms with E-state index in [1.807, 2.05) is 17.8 Å². The summed E-state index contributed by atoms with van der Waals surface area (Å²) in [4.78, 5) is 7.00. The lowest BCUT2D eigenvalue weighted by molar-refractivity contribution is 0.154. The average Bonchev–Trinajstić information content (AvgIpc) is 3.41. The van der Waals surface area contributed by atoms with E-state index < -0.39 is 17.7 Å². The van der Waals surface area contributed by atoms with Crippen molar-refractivity contribution in [2.45, 2.75) is 51.8 Å². The van der Waals surface area contributed by atoms with Crippen molar-refractivity contribution in [1.29, 1.82) is 0 Å². The zero-order chi connectivity index (χ0) is 22.9. The van der Waals surface area contributed by atoms with Crippen LogP contribution in [0.15, 0.2) is 30.5 Å². The molecule has 1 saturated heterocycles.